The van der Waals surface area contributed by atoms with Crippen LogP contribution in [-0.4, -0.2) is 56.4 Å². The number of aliphatic hydroxyl groups is 1. The fourth-order valence-corrected chi connectivity index (χ4v) is 3.93. The zero-order valence-electron chi connectivity index (χ0n) is 17.9. The number of carbonyl (C=O) groups excluding carboxylic acids is 1. The summed E-state index contributed by atoms with van der Waals surface area (Å²) < 4.78 is 12.3. The van der Waals surface area contributed by atoms with Gasteiger partial charge in [0, 0.05) is 29.4 Å². The number of thioether (sulfide) groups is 1. The number of rotatable bonds is 9. The van der Waals surface area contributed by atoms with Crippen LogP contribution in [0, 0.1) is 0 Å². The van der Waals surface area contributed by atoms with Gasteiger partial charge in [-0.1, -0.05) is 30.0 Å². The number of aromatic nitrogens is 4. The number of ether oxygens (including phenoxy) is 2. The maximum absolute atomic E-state index is 11.5. The fraction of sp³-hybridized carbons (Fsp3) is 0.167. The summed E-state index contributed by atoms with van der Waals surface area (Å²) in [7, 11) is 1.33. The van der Waals surface area contributed by atoms with Crippen LogP contribution in [-0.2, 0) is 4.74 Å². The van der Waals surface area contributed by atoms with Gasteiger partial charge in [0.25, 0.3) is 0 Å². The van der Waals surface area contributed by atoms with Crippen LogP contribution < -0.4 is 4.74 Å². The Morgan fingerprint density at radius 3 is 2.45 bits per heavy atom. The Kier molecular flexibility index (Phi) is 7.33. The molecule has 0 spiro atoms. The molecular weight excluding hydrogens is 440 g/mol. The van der Waals surface area contributed by atoms with E-state index in [9.17, 15) is 9.90 Å². The first kappa shape index (κ1) is 22.5. The van der Waals surface area contributed by atoms with Crippen LogP contribution in [0.15, 0.2) is 84.3 Å². The number of benzene rings is 2. The number of hydrogen-bond donors (Lipinski definition) is 1. The lowest BCUT2D eigenvalue weighted by Gasteiger charge is -2.13. The average molecular weight is 463 g/mol. The highest BCUT2D eigenvalue weighted by Crippen LogP contribution is 2.28. The highest BCUT2D eigenvalue weighted by atomic mass is 32.2. The van der Waals surface area contributed by atoms with Gasteiger partial charge in [-0.3, -0.25) is 9.55 Å². The molecular formula is C24H22N4O4S. The van der Waals surface area contributed by atoms with E-state index in [0.717, 1.165) is 11.3 Å². The van der Waals surface area contributed by atoms with Gasteiger partial charge in [-0.25, -0.2) is 4.79 Å². The van der Waals surface area contributed by atoms with Crippen molar-refractivity contribution >= 4 is 17.7 Å². The molecule has 1 N–H and O–H groups in total. The second-order valence-electron chi connectivity index (χ2n) is 7.00. The quantitative estimate of drug-likeness (QED) is 0.297. The second-order valence-corrected chi connectivity index (χ2v) is 7.99. The number of nitrogens with zero attached hydrogens (tertiary/aromatic N) is 4. The van der Waals surface area contributed by atoms with E-state index in [0.29, 0.717) is 28.0 Å². The summed E-state index contributed by atoms with van der Waals surface area (Å²) in [6, 6.07) is 20.1. The van der Waals surface area contributed by atoms with Gasteiger partial charge in [0.05, 0.1) is 18.8 Å². The van der Waals surface area contributed by atoms with E-state index in [2.05, 4.69) is 19.9 Å². The van der Waals surface area contributed by atoms with Crippen LogP contribution in [0.3, 0.4) is 0 Å². The van der Waals surface area contributed by atoms with Gasteiger partial charge in [0.1, 0.15) is 12.4 Å². The number of carbonyl (C=O) groups is 1. The van der Waals surface area contributed by atoms with E-state index < -0.39 is 12.1 Å². The van der Waals surface area contributed by atoms with Crippen molar-refractivity contribution in [3.63, 3.8) is 0 Å². The molecule has 0 radical (unpaired) electrons. The molecule has 0 aliphatic carbocycles. The van der Waals surface area contributed by atoms with Crippen LogP contribution in [0.4, 0.5) is 0 Å². The Hall–Kier alpha value is -3.69. The third kappa shape index (κ3) is 5.57. The van der Waals surface area contributed by atoms with Crippen molar-refractivity contribution in [3.8, 4) is 22.8 Å². The molecule has 0 saturated carbocycles. The SMILES string of the molecule is COC(=O)c1ccc(OC[C@@H](O)CSc2nnc(-c3ccncc3)n2-c2ccccc2)cc1. The molecule has 2 aromatic heterocycles. The largest absolute Gasteiger partial charge is 0.491 e. The Morgan fingerprint density at radius 1 is 1.03 bits per heavy atom. The molecule has 0 amide bonds. The summed E-state index contributed by atoms with van der Waals surface area (Å²) in [5.41, 5.74) is 2.26. The van der Waals surface area contributed by atoms with Gasteiger partial charge in [-0.05, 0) is 48.5 Å². The van der Waals surface area contributed by atoms with Crippen molar-refractivity contribution in [1.82, 2.24) is 19.7 Å². The molecule has 33 heavy (non-hydrogen) atoms. The Morgan fingerprint density at radius 2 is 1.76 bits per heavy atom. The topological polar surface area (TPSA) is 99.4 Å². The lowest BCUT2D eigenvalue weighted by Crippen LogP contribution is -2.20. The minimum absolute atomic E-state index is 0.0985. The molecule has 168 valence electrons. The van der Waals surface area contributed by atoms with E-state index >= 15 is 0 Å². The highest BCUT2D eigenvalue weighted by molar-refractivity contribution is 7.99. The van der Waals surface area contributed by atoms with Crippen molar-refractivity contribution < 1.29 is 19.4 Å². The smallest absolute Gasteiger partial charge is 0.337 e. The molecule has 0 bridgehead atoms. The molecule has 0 aliphatic heterocycles. The van der Waals surface area contributed by atoms with Crippen molar-refractivity contribution in [3.05, 3.63) is 84.7 Å². The fourth-order valence-electron chi connectivity index (χ4n) is 3.08. The van der Waals surface area contributed by atoms with Crippen molar-refractivity contribution in [1.29, 1.82) is 0 Å². The first-order chi connectivity index (χ1) is 16.2. The highest BCUT2D eigenvalue weighted by Gasteiger charge is 2.17. The van der Waals surface area contributed by atoms with Gasteiger partial charge >= 0.3 is 5.97 Å². The van der Waals surface area contributed by atoms with Crippen LogP contribution in [0.25, 0.3) is 17.1 Å². The molecule has 4 rings (SSSR count). The molecule has 8 nitrogen and oxygen atoms in total. The van der Waals surface area contributed by atoms with Crippen LogP contribution in [0.1, 0.15) is 10.4 Å². The lowest BCUT2D eigenvalue weighted by molar-refractivity contribution is 0.0600. The summed E-state index contributed by atoms with van der Waals surface area (Å²) in [5, 5.41) is 19.8. The number of methoxy groups -OCH3 is 1. The zero-order chi connectivity index (χ0) is 23.0. The first-order valence-corrected chi connectivity index (χ1v) is 11.2. The maximum Gasteiger partial charge on any atom is 0.337 e. The summed E-state index contributed by atoms with van der Waals surface area (Å²) in [5.74, 6) is 1.20. The third-order valence-electron chi connectivity index (χ3n) is 4.71. The van der Waals surface area contributed by atoms with Gasteiger partial charge < -0.3 is 14.6 Å². The average Bonchev–Trinajstić information content (AvgIpc) is 3.31. The van der Waals surface area contributed by atoms with Gasteiger partial charge in [-0.2, -0.15) is 0 Å². The molecule has 4 aromatic rings. The van der Waals surface area contributed by atoms with Crippen molar-refractivity contribution in [2.75, 3.05) is 19.5 Å². The number of pyridine rings is 1. The Balaban J connectivity index is 1.43. The number of esters is 1. The van der Waals surface area contributed by atoms with E-state index in [1.807, 2.05) is 47.0 Å². The predicted octanol–water partition coefficient (Wildman–Crippen LogP) is 3.65. The van der Waals surface area contributed by atoms with E-state index in [1.165, 1.54) is 18.9 Å². The van der Waals surface area contributed by atoms with E-state index in [-0.39, 0.29) is 6.61 Å². The first-order valence-electron chi connectivity index (χ1n) is 10.2. The summed E-state index contributed by atoms with van der Waals surface area (Å²) in [6.07, 6.45) is 2.69. The van der Waals surface area contributed by atoms with Crippen molar-refractivity contribution in [2.45, 2.75) is 11.3 Å². The monoisotopic (exact) mass is 462 g/mol. The second kappa shape index (κ2) is 10.8. The minimum Gasteiger partial charge on any atom is -0.491 e. The van der Waals surface area contributed by atoms with Gasteiger partial charge in [0.2, 0.25) is 0 Å². The van der Waals surface area contributed by atoms with Gasteiger partial charge in [-0.15, -0.1) is 10.2 Å². The van der Waals surface area contributed by atoms with E-state index in [4.69, 9.17) is 4.74 Å². The molecule has 0 saturated heterocycles. The predicted molar refractivity (Wildman–Crippen MR) is 125 cm³/mol. The number of aliphatic hydroxyl groups excluding tert-OH is 1. The standard InChI is InChI=1S/C24H22N4O4S/c1-31-23(30)18-7-9-21(10-8-18)32-15-20(29)16-33-24-27-26-22(17-11-13-25-14-12-17)28(24)19-5-3-2-4-6-19/h2-14,20,29H,15-16H2,1H3/t20-/m1/s1. The molecule has 2 aromatic carbocycles. The minimum atomic E-state index is -0.736. The van der Waals surface area contributed by atoms with Crippen molar-refractivity contribution in [2.24, 2.45) is 0 Å². The third-order valence-corrected chi connectivity index (χ3v) is 5.78. The van der Waals surface area contributed by atoms with E-state index in [1.54, 1.807) is 36.7 Å². The normalized spacial score (nSPS) is 11.7. The lowest BCUT2D eigenvalue weighted by atomic mass is 10.2. The molecule has 0 unspecified atom stereocenters. The van der Waals surface area contributed by atoms with Crippen LogP contribution in [0.5, 0.6) is 5.75 Å². The Bertz CT molecular complexity index is 1180. The summed E-state index contributed by atoms with van der Waals surface area (Å²) >= 11 is 1.39. The molecule has 2 heterocycles. The molecule has 9 heteroatoms. The maximum atomic E-state index is 11.5. The van der Waals surface area contributed by atoms with Crippen LogP contribution >= 0.6 is 11.8 Å². The summed E-state index contributed by atoms with van der Waals surface area (Å²) in [4.78, 5) is 15.6. The zero-order valence-corrected chi connectivity index (χ0v) is 18.7. The number of hydrogen-bond acceptors (Lipinski definition) is 8. The van der Waals surface area contributed by atoms with Crippen LogP contribution in [0.2, 0.25) is 0 Å². The molecule has 0 fully saturated rings. The van der Waals surface area contributed by atoms with Gasteiger partial charge in [0.15, 0.2) is 11.0 Å². The number of para-hydroxylation sites is 1. The molecule has 1 atom stereocenters. The molecule has 0 aliphatic rings. The summed E-state index contributed by atoms with van der Waals surface area (Å²) in [6.45, 7) is 0.0985. The Labute approximate surface area is 195 Å².